The molecule has 1 saturated heterocycles. The maximum absolute atomic E-state index is 14.5. The summed E-state index contributed by atoms with van der Waals surface area (Å²) in [4.78, 5) is 2.20. The molecule has 0 saturated carbocycles. The van der Waals surface area contributed by atoms with E-state index in [1.807, 2.05) is 24.3 Å². The zero-order valence-electron chi connectivity index (χ0n) is 10.4. The van der Waals surface area contributed by atoms with Crippen molar-refractivity contribution in [1.29, 1.82) is 0 Å². The molecule has 2 rings (SSSR count). The van der Waals surface area contributed by atoms with Crippen molar-refractivity contribution in [2.45, 2.75) is 19.0 Å². The second-order valence-corrected chi connectivity index (χ2v) is 4.95. The van der Waals surface area contributed by atoms with Crippen molar-refractivity contribution < 1.29 is 4.39 Å². The Balaban J connectivity index is 2.15. The number of nitrogens with zero attached hydrogens (tertiary/aromatic N) is 1. The maximum atomic E-state index is 14.5. The Labute approximate surface area is 103 Å². The Morgan fingerprint density at radius 1 is 1.47 bits per heavy atom. The van der Waals surface area contributed by atoms with Gasteiger partial charge in [0, 0.05) is 12.5 Å². The van der Waals surface area contributed by atoms with Gasteiger partial charge in [-0.3, -0.25) is 0 Å². The van der Waals surface area contributed by atoms with E-state index < -0.39 is 6.17 Å². The lowest BCUT2D eigenvalue weighted by Gasteiger charge is -2.19. The van der Waals surface area contributed by atoms with Crippen molar-refractivity contribution in [2.24, 2.45) is 11.7 Å². The lowest BCUT2D eigenvalue weighted by atomic mass is 9.92. The number of halogens is 1. The molecule has 0 aromatic heterocycles. The highest BCUT2D eigenvalue weighted by molar-refractivity contribution is 5.30. The average Bonchev–Trinajstić information content (AvgIpc) is 2.76. The van der Waals surface area contributed by atoms with Gasteiger partial charge in [-0.15, -0.1) is 0 Å². The van der Waals surface area contributed by atoms with Crippen LogP contribution < -0.4 is 5.73 Å². The summed E-state index contributed by atoms with van der Waals surface area (Å²) in [6, 6.07) is 7.78. The second-order valence-electron chi connectivity index (χ2n) is 4.95. The molecule has 0 amide bonds. The number of likely N-dealkylation sites (tertiary alicyclic amines) is 1. The van der Waals surface area contributed by atoms with Crippen LogP contribution >= 0.6 is 0 Å². The molecule has 1 aromatic carbocycles. The van der Waals surface area contributed by atoms with Gasteiger partial charge in [-0.1, -0.05) is 24.3 Å². The van der Waals surface area contributed by atoms with Crippen molar-refractivity contribution in [1.82, 2.24) is 4.90 Å². The zero-order valence-corrected chi connectivity index (χ0v) is 10.4. The lowest BCUT2D eigenvalue weighted by molar-refractivity contribution is 0.231. The summed E-state index contributed by atoms with van der Waals surface area (Å²) in [5, 5.41) is 0. The first-order valence-electron chi connectivity index (χ1n) is 6.33. The van der Waals surface area contributed by atoms with Gasteiger partial charge < -0.3 is 10.6 Å². The minimum atomic E-state index is -0.845. The Hall–Kier alpha value is -0.930. The van der Waals surface area contributed by atoms with Gasteiger partial charge in [0.25, 0.3) is 0 Å². The van der Waals surface area contributed by atoms with Crippen molar-refractivity contribution >= 4 is 0 Å². The van der Waals surface area contributed by atoms with Crippen LogP contribution in [0.5, 0.6) is 0 Å². The van der Waals surface area contributed by atoms with Gasteiger partial charge in [-0.2, -0.15) is 0 Å². The second kappa shape index (κ2) is 5.61. The largest absolute Gasteiger partial charge is 0.330 e. The van der Waals surface area contributed by atoms with Gasteiger partial charge in [0.1, 0.15) is 6.17 Å². The fourth-order valence-electron chi connectivity index (χ4n) is 2.65. The van der Waals surface area contributed by atoms with E-state index in [1.165, 1.54) is 0 Å². The van der Waals surface area contributed by atoms with E-state index in [2.05, 4.69) is 11.9 Å². The predicted molar refractivity (Wildman–Crippen MR) is 68.7 cm³/mol. The molecule has 0 bridgehead atoms. The number of nitrogens with two attached hydrogens (primary N) is 1. The molecule has 2 atom stereocenters. The molecule has 0 aliphatic carbocycles. The summed E-state index contributed by atoms with van der Waals surface area (Å²) < 4.78 is 14.5. The van der Waals surface area contributed by atoms with E-state index in [-0.39, 0.29) is 5.92 Å². The molecule has 1 aliphatic heterocycles. The highest BCUT2D eigenvalue weighted by atomic mass is 19.1. The Kier molecular flexibility index (Phi) is 4.13. The minimum absolute atomic E-state index is 0.138. The highest BCUT2D eigenvalue weighted by Crippen LogP contribution is 2.34. The lowest BCUT2D eigenvalue weighted by Crippen LogP contribution is -2.17. The summed E-state index contributed by atoms with van der Waals surface area (Å²) in [5.74, 6) is 0.138. The Morgan fingerprint density at radius 2 is 2.24 bits per heavy atom. The monoisotopic (exact) mass is 236 g/mol. The molecule has 94 valence electrons. The molecule has 0 radical (unpaired) electrons. The van der Waals surface area contributed by atoms with E-state index >= 15 is 0 Å². The fraction of sp³-hybridized carbons (Fsp3) is 0.571. The number of benzene rings is 1. The van der Waals surface area contributed by atoms with E-state index in [0.29, 0.717) is 6.54 Å². The number of alkyl halides is 1. The molecule has 0 spiro atoms. The molecular formula is C14H21FN2. The third-order valence-electron chi connectivity index (χ3n) is 3.61. The normalized spacial score (nSPS) is 22.9. The maximum Gasteiger partial charge on any atom is 0.129 e. The van der Waals surface area contributed by atoms with Crippen LogP contribution in [0.2, 0.25) is 0 Å². The number of rotatable bonds is 4. The van der Waals surface area contributed by atoms with Crippen molar-refractivity contribution in [2.75, 3.05) is 26.7 Å². The van der Waals surface area contributed by atoms with Crippen molar-refractivity contribution in [3.63, 3.8) is 0 Å². The summed E-state index contributed by atoms with van der Waals surface area (Å²) in [5.41, 5.74) is 7.49. The summed E-state index contributed by atoms with van der Waals surface area (Å²) in [7, 11) is 2.05. The van der Waals surface area contributed by atoms with Crippen LogP contribution in [0.1, 0.15) is 23.7 Å². The van der Waals surface area contributed by atoms with Crippen LogP contribution in [0.4, 0.5) is 4.39 Å². The summed E-state index contributed by atoms with van der Waals surface area (Å²) in [6.07, 6.45) is 0.871. The highest BCUT2D eigenvalue weighted by Gasteiger charge is 2.29. The Morgan fingerprint density at radius 3 is 2.88 bits per heavy atom. The third-order valence-corrected chi connectivity index (χ3v) is 3.61. The standard InChI is InChI=1S/C14H21FN2/c1-17-9-7-12(10-17)14(15)13-5-3-2-4-11(13)6-8-16/h2-5,12,14H,6-10,16H2,1H3. The SMILES string of the molecule is CN1CCC(C(F)c2ccccc2CCN)C1. The first kappa shape index (κ1) is 12.5. The topological polar surface area (TPSA) is 29.3 Å². The van der Waals surface area contributed by atoms with Gasteiger partial charge in [0.2, 0.25) is 0 Å². The quantitative estimate of drug-likeness (QED) is 0.868. The molecular weight excluding hydrogens is 215 g/mol. The zero-order chi connectivity index (χ0) is 12.3. The smallest absolute Gasteiger partial charge is 0.129 e. The molecule has 3 heteroatoms. The Bertz CT molecular complexity index is 367. The fourth-order valence-corrected chi connectivity index (χ4v) is 2.65. The van der Waals surface area contributed by atoms with Crippen LogP contribution in [-0.4, -0.2) is 31.6 Å². The van der Waals surface area contributed by atoms with Gasteiger partial charge in [-0.25, -0.2) is 4.39 Å². The van der Waals surface area contributed by atoms with E-state index in [4.69, 9.17) is 5.73 Å². The summed E-state index contributed by atoms with van der Waals surface area (Å²) in [6.45, 7) is 2.44. The van der Waals surface area contributed by atoms with E-state index in [1.54, 1.807) is 0 Å². The van der Waals surface area contributed by atoms with Crippen molar-refractivity contribution in [3.05, 3.63) is 35.4 Å². The van der Waals surface area contributed by atoms with Gasteiger partial charge in [-0.05, 0) is 44.1 Å². The first-order valence-corrected chi connectivity index (χ1v) is 6.33. The number of hydrogen-bond donors (Lipinski definition) is 1. The van der Waals surface area contributed by atoms with Crippen molar-refractivity contribution in [3.8, 4) is 0 Å². The van der Waals surface area contributed by atoms with Crippen LogP contribution in [0.25, 0.3) is 0 Å². The van der Waals surface area contributed by atoms with Gasteiger partial charge >= 0.3 is 0 Å². The molecule has 1 aromatic rings. The molecule has 1 fully saturated rings. The molecule has 1 heterocycles. The van der Waals surface area contributed by atoms with E-state index in [0.717, 1.165) is 37.1 Å². The first-order chi connectivity index (χ1) is 8.22. The molecule has 2 unspecified atom stereocenters. The third kappa shape index (κ3) is 2.85. The predicted octanol–water partition coefficient (Wildman–Crippen LogP) is 2.15. The van der Waals surface area contributed by atoms with Crippen LogP contribution in [0.3, 0.4) is 0 Å². The molecule has 2 N–H and O–H groups in total. The summed E-state index contributed by atoms with van der Waals surface area (Å²) >= 11 is 0. The minimum Gasteiger partial charge on any atom is -0.330 e. The average molecular weight is 236 g/mol. The van der Waals surface area contributed by atoms with E-state index in [9.17, 15) is 4.39 Å². The van der Waals surface area contributed by atoms with Crippen LogP contribution in [0.15, 0.2) is 24.3 Å². The van der Waals surface area contributed by atoms with Crippen LogP contribution in [-0.2, 0) is 6.42 Å². The molecule has 2 nitrogen and oxygen atoms in total. The molecule has 17 heavy (non-hydrogen) atoms. The molecule has 1 aliphatic rings. The van der Waals surface area contributed by atoms with Crippen LogP contribution in [0, 0.1) is 5.92 Å². The van der Waals surface area contributed by atoms with Gasteiger partial charge in [0.15, 0.2) is 0 Å². The van der Waals surface area contributed by atoms with Gasteiger partial charge in [0.05, 0.1) is 0 Å². The number of hydrogen-bond acceptors (Lipinski definition) is 2.